The number of anilines is 1. The van der Waals surface area contributed by atoms with Crippen LogP contribution in [0.2, 0.25) is 0 Å². The third kappa shape index (κ3) is 4.56. The summed E-state index contributed by atoms with van der Waals surface area (Å²) in [5.41, 5.74) is 7.08. The quantitative estimate of drug-likeness (QED) is 0.671. The van der Waals surface area contributed by atoms with Crippen LogP contribution in [0.5, 0.6) is 0 Å². The van der Waals surface area contributed by atoms with E-state index in [4.69, 9.17) is 10.5 Å². The Bertz CT molecular complexity index is 526. The highest BCUT2D eigenvalue weighted by Crippen LogP contribution is 2.28. The van der Waals surface area contributed by atoms with Crippen LogP contribution in [-0.4, -0.2) is 26.3 Å². The number of nitrogens with two attached hydrogens (primary N) is 1. The lowest BCUT2D eigenvalue weighted by Gasteiger charge is -2.15. The standard InChI is InChI=1S/C13H14FNO3.C3H8/c1-17-13(16)10-6-9(11(14)7-12(10)15)8-2-4-18-5-3-8;1-3-2/h2,6-7H,3-5,15H2,1H3;3H2,1-2H3. The summed E-state index contributed by atoms with van der Waals surface area (Å²) in [7, 11) is 1.26. The van der Waals surface area contributed by atoms with Crippen molar-refractivity contribution >= 4 is 17.2 Å². The molecule has 0 spiro atoms. The van der Waals surface area contributed by atoms with Crippen LogP contribution in [0, 0.1) is 5.82 Å². The minimum atomic E-state index is -0.568. The molecule has 0 amide bonds. The van der Waals surface area contributed by atoms with E-state index in [1.54, 1.807) is 6.08 Å². The number of esters is 1. The maximum atomic E-state index is 13.9. The zero-order valence-corrected chi connectivity index (χ0v) is 12.7. The summed E-state index contributed by atoms with van der Waals surface area (Å²) in [5, 5.41) is 0. The molecule has 0 saturated heterocycles. The molecule has 4 nitrogen and oxygen atoms in total. The van der Waals surface area contributed by atoms with E-state index >= 15 is 0 Å². The minimum absolute atomic E-state index is 0.0794. The maximum absolute atomic E-state index is 13.9. The molecule has 21 heavy (non-hydrogen) atoms. The van der Waals surface area contributed by atoms with Gasteiger partial charge in [-0.05, 0) is 24.1 Å². The first-order valence-electron chi connectivity index (χ1n) is 6.99. The lowest BCUT2D eigenvalue weighted by Crippen LogP contribution is -2.10. The first-order valence-corrected chi connectivity index (χ1v) is 6.99. The van der Waals surface area contributed by atoms with Crippen LogP contribution >= 0.6 is 0 Å². The van der Waals surface area contributed by atoms with E-state index in [1.807, 2.05) is 0 Å². The number of nitrogen functional groups attached to an aromatic ring is 1. The fraction of sp³-hybridized carbons (Fsp3) is 0.438. The molecule has 0 aliphatic carbocycles. The highest BCUT2D eigenvalue weighted by atomic mass is 19.1. The summed E-state index contributed by atoms with van der Waals surface area (Å²) in [6.07, 6.45) is 3.67. The number of rotatable bonds is 2. The fourth-order valence-corrected chi connectivity index (χ4v) is 1.89. The Labute approximate surface area is 124 Å². The van der Waals surface area contributed by atoms with Gasteiger partial charge in [-0.25, -0.2) is 9.18 Å². The summed E-state index contributed by atoms with van der Waals surface area (Å²) in [6, 6.07) is 2.59. The highest BCUT2D eigenvalue weighted by Gasteiger charge is 2.17. The molecule has 1 aliphatic heterocycles. The topological polar surface area (TPSA) is 61.5 Å². The van der Waals surface area contributed by atoms with Crippen molar-refractivity contribution in [3.63, 3.8) is 0 Å². The van der Waals surface area contributed by atoms with Gasteiger partial charge in [0.15, 0.2) is 0 Å². The van der Waals surface area contributed by atoms with Gasteiger partial charge in [0.25, 0.3) is 0 Å². The van der Waals surface area contributed by atoms with Gasteiger partial charge in [-0.3, -0.25) is 0 Å². The van der Waals surface area contributed by atoms with E-state index in [0.29, 0.717) is 25.2 Å². The first-order chi connectivity index (χ1) is 10.0. The van der Waals surface area contributed by atoms with E-state index < -0.39 is 11.8 Å². The second kappa shape index (κ2) is 8.42. The van der Waals surface area contributed by atoms with Crippen molar-refractivity contribution < 1.29 is 18.7 Å². The summed E-state index contributed by atoms with van der Waals surface area (Å²) in [5.74, 6) is -1.00. The molecule has 0 saturated carbocycles. The normalized spacial score (nSPS) is 13.8. The number of carbonyl (C=O) groups is 1. The Morgan fingerprint density at radius 2 is 2.10 bits per heavy atom. The second-order valence-corrected chi connectivity index (χ2v) is 4.67. The van der Waals surface area contributed by atoms with Gasteiger partial charge < -0.3 is 15.2 Å². The van der Waals surface area contributed by atoms with Gasteiger partial charge in [0.1, 0.15) is 5.82 Å². The summed E-state index contributed by atoms with van der Waals surface area (Å²) in [4.78, 5) is 11.5. The van der Waals surface area contributed by atoms with Crippen molar-refractivity contribution in [1.82, 2.24) is 0 Å². The van der Waals surface area contributed by atoms with E-state index in [2.05, 4.69) is 18.6 Å². The van der Waals surface area contributed by atoms with Crippen molar-refractivity contribution in [2.75, 3.05) is 26.1 Å². The molecular weight excluding hydrogens is 273 g/mol. The summed E-state index contributed by atoms with van der Waals surface area (Å²) >= 11 is 0. The lowest BCUT2D eigenvalue weighted by atomic mass is 9.98. The Morgan fingerprint density at radius 3 is 2.62 bits per heavy atom. The van der Waals surface area contributed by atoms with Crippen LogP contribution < -0.4 is 5.73 Å². The van der Waals surface area contributed by atoms with E-state index in [-0.39, 0.29) is 11.3 Å². The maximum Gasteiger partial charge on any atom is 0.339 e. The Kier molecular flexibility index (Phi) is 6.88. The third-order valence-electron chi connectivity index (χ3n) is 2.85. The van der Waals surface area contributed by atoms with E-state index in [0.717, 1.165) is 11.6 Å². The van der Waals surface area contributed by atoms with Crippen LogP contribution in [0.25, 0.3) is 5.57 Å². The van der Waals surface area contributed by atoms with Gasteiger partial charge in [0, 0.05) is 11.3 Å². The first kappa shape index (κ1) is 17.2. The molecule has 2 rings (SSSR count). The van der Waals surface area contributed by atoms with Crippen LogP contribution in [0.3, 0.4) is 0 Å². The number of hydrogen-bond donors (Lipinski definition) is 1. The predicted octanol–water partition coefficient (Wildman–Crippen LogP) is 3.41. The minimum Gasteiger partial charge on any atom is -0.465 e. The Hall–Kier alpha value is -1.88. The molecule has 116 valence electrons. The third-order valence-corrected chi connectivity index (χ3v) is 2.85. The van der Waals surface area contributed by atoms with Gasteiger partial charge in [-0.2, -0.15) is 0 Å². The number of benzene rings is 1. The summed E-state index contributed by atoms with van der Waals surface area (Å²) < 4.78 is 23.7. The SMILES string of the molecule is CCC.COC(=O)c1cc(C2=CCOCC2)c(F)cc1N. The molecule has 0 unspecified atom stereocenters. The van der Waals surface area contributed by atoms with Crippen molar-refractivity contribution in [2.45, 2.75) is 26.7 Å². The second-order valence-electron chi connectivity index (χ2n) is 4.67. The molecule has 0 bridgehead atoms. The molecule has 0 atom stereocenters. The monoisotopic (exact) mass is 295 g/mol. The van der Waals surface area contributed by atoms with Crippen LogP contribution in [0.1, 0.15) is 42.6 Å². The number of halogens is 1. The van der Waals surface area contributed by atoms with Gasteiger partial charge in [-0.15, -0.1) is 0 Å². The molecule has 2 N–H and O–H groups in total. The highest BCUT2D eigenvalue weighted by molar-refractivity contribution is 5.96. The molecule has 1 aromatic carbocycles. The Morgan fingerprint density at radius 1 is 1.43 bits per heavy atom. The van der Waals surface area contributed by atoms with Gasteiger partial charge in [-0.1, -0.05) is 26.3 Å². The lowest BCUT2D eigenvalue weighted by molar-refractivity contribution is 0.0602. The van der Waals surface area contributed by atoms with Crippen molar-refractivity contribution in [1.29, 1.82) is 0 Å². The Balaban J connectivity index is 0.000000677. The van der Waals surface area contributed by atoms with Crippen molar-refractivity contribution in [2.24, 2.45) is 0 Å². The van der Waals surface area contributed by atoms with Gasteiger partial charge >= 0.3 is 5.97 Å². The molecule has 0 fully saturated rings. The smallest absolute Gasteiger partial charge is 0.339 e. The molecule has 5 heteroatoms. The van der Waals surface area contributed by atoms with Crippen molar-refractivity contribution in [3.05, 3.63) is 35.2 Å². The molecule has 1 heterocycles. The number of ether oxygens (including phenoxy) is 2. The fourth-order valence-electron chi connectivity index (χ4n) is 1.89. The zero-order chi connectivity index (χ0) is 15.8. The van der Waals surface area contributed by atoms with Gasteiger partial charge in [0.2, 0.25) is 0 Å². The predicted molar refractivity (Wildman–Crippen MR) is 81.5 cm³/mol. The number of hydrogen-bond acceptors (Lipinski definition) is 4. The van der Waals surface area contributed by atoms with Crippen LogP contribution in [0.4, 0.5) is 10.1 Å². The molecule has 0 aromatic heterocycles. The largest absolute Gasteiger partial charge is 0.465 e. The zero-order valence-electron chi connectivity index (χ0n) is 12.7. The average molecular weight is 295 g/mol. The van der Waals surface area contributed by atoms with E-state index in [1.165, 1.54) is 19.6 Å². The van der Waals surface area contributed by atoms with Crippen molar-refractivity contribution in [3.8, 4) is 0 Å². The number of methoxy groups -OCH3 is 1. The van der Waals surface area contributed by atoms with Gasteiger partial charge in [0.05, 0.1) is 25.9 Å². The molecule has 0 radical (unpaired) electrons. The molecule has 1 aliphatic rings. The van der Waals surface area contributed by atoms with Crippen LogP contribution in [-0.2, 0) is 9.47 Å². The number of carbonyl (C=O) groups excluding carboxylic acids is 1. The van der Waals surface area contributed by atoms with Crippen LogP contribution in [0.15, 0.2) is 18.2 Å². The summed E-state index contributed by atoms with van der Waals surface area (Å²) in [6.45, 7) is 5.25. The molecule has 1 aromatic rings. The average Bonchev–Trinajstić information content (AvgIpc) is 2.48. The van der Waals surface area contributed by atoms with E-state index in [9.17, 15) is 9.18 Å². The molecular formula is C16H22FNO3.